The Morgan fingerprint density at radius 2 is 1.86 bits per heavy atom. The molecule has 0 aliphatic carbocycles. The van der Waals surface area contributed by atoms with Crippen LogP contribution in [0.5, 0.6) is 5.75 Å². The number of anilines is 1. The minimum Gasteiger partial charge on any atom is -0.484 e. The predicted octanol–water partition coefficient (Wildman–Crippen LogP) is 1.85. The van der Waals surface area contributed by atoms with Crippen molar-refractivity contribution in [2.24, 2.45) is 0 Å². The third-order valence-electron chi connectivity index (χ3n) is 2.48. The van der Waals surface area contributed by atoms with Gasteiger partial charge in [-0.1, -0.05) is 15.9 Å². The van der Waals surface area contributed by atoms with Gasteiger partial charge in [-0.15, -0.1) is 0 Å². The number of carbonyl (C=O) groups is 1. The topological polar surface area (TPSA) is 76.1 Å². The van der Waals surface area contributed by atoms with E-state index in [0.717, 1.165) is 4.47 Å². The lowest BCUT2D eigenvalue weighted by Gasteiger charge is -2.08. The molecule has 0 fully saturated rings. The van der Waals surface area contributed by atoms with Crippen LogP contribution in [-0.2, 0) is 4.79 Å². The molecule has 7 heteroatoms. The Kier molecular flexibility index (Phi) is 5.96. The monoisotopic (exact) mass is 350 g/mol. The van der Waals surface area contributed by atoms with Crippen LogP contribution in [0.4, 0.5) is 5.95 Å². The van der Waals surface area contributed by atoms with E-state index in [4.69, 9.17) is 4.74 Å². The van der Waals surface area contributed by atoms with Gasteiger partial charge in [0.05, 0.1) is 0 Å². The normalized spacial score (nSPS) is 9.95. The van der Waals surface area contributed by atoms with Gasteiger partial charge in [0, 0.05) is 30.0 Å². The van der Waals surface area contributed by atoms with Gasteiger partial charge in [-0.25, -0.2) is 9.97 Å². The van der Waals surface area contributed by atoms with Crippen molar-refractivity contribution in [3.63, 3.8) is 0 Å². The van der Waals surface area contributed by atoms with Gasteiger partial charge in [0.2, 0.25) is 5.95 Å². The number of rotatable bonds is 7. The van der Waals surface area contributed by atoms with E-state index < -0.39 is 0 Å². The highest BCUT2D eigenvalue weighted by Gasteiger charge is 2.02. The SMILES string of the molecule is O=C(COc1ccc(Br)cc1)NCCNc1ncccn1. The summed E-state index contributed by atoms with van der Waals surface area (Å²) in [5, 5.41) is 5.74. The first-order valence-electron chi connectivity index (χ1n) is 6.40. The van der Waals surface area contributed by atoms with Crippen LogP contribution in [0.2, 0.25) is 0 Å². The van der Waals surface area contributed by atoms with E-state index in [9.17, 15) is 4.79 Å². The summed E-state index contributed by atoms with van der Waals surface area (Å²) in [6.07, 6.45) is 3.31. The fourth-order valence-electron chi connectivity index (χ4n) is 1.50. The standard InChI is InChI=1S/C14H15BrN4O2/c15-11-2-4-12(5-3-11)21-10-13(20)16-8-9-19-14-17-6-1-7-18-14/h1-7H,8-10H2,(H,16,20)(H,17,18,19). The van der Waals surface area contributed by atoms with Crippen LogP contribution in [-0.4, -0.2) is 35.6 Å². The molecule has 110 valence electrons. The van der Waals surface area contributed by atoms with Crippen molar-refractivity contribution < 1.29 is 9.53 Å². The molecule has 0 bridgehead atoms. The Labute approximate surface area is 131 Å². The molecular formula is C14H15BrN4O2. The van der Waals surface area contributed by atoms with Crippen molar-refractivity contribution >= 4 is 27.8 Å². The van der Waals surface area contributed by atoms with Crippen molar-refractivity contribution in [1.29, 1.82) is 0 Å². The molecular weight excluding hydrogens is 336 g/mol. The largest absolute Gasteiger partial charge is 0.484 e. The molecule has 0 saturated heterocycles. The van der Waals surface area contributed by atoms with E-state index in [0.29, 0.717) is 24.8 Å². The fourth-order valence-corrected chi connectivity index (χ4v) is 1.76. The van der Waals surface area contributed by atoms with Crippen LogP contribution in [0.15, 0.2) is 47.2 Å². The minimum absolute atomic E-state index is 0.0104. The van der Waals surface area contributed by atoms with E-state index >= 15 is 0 Å². The second kappa shape index (κ2) is 8.21. The lowest BCUT2D eigenvalue weighted by atomic mass is 10.3. The molecule has 2 aromatic rings. The number of benzene rings is 1. The molecule has 1 aromatic carbocycles. The number of hydrogen-bond donors (Lipinski definition) is 2. The zero-order chi connectivity index (χ0) is 14.9. The summed E-state index contributed by atoms with van der Waals surface area (Å²) in [5.41, 5.74) is 0. The molecule has 1 aromatic heterocycles. The Hall–Kier alpha value is -2.15. The lowest BCUT2D eigenvalue weighted by Crippen LogP contribution is -2.32. The maximum absolute atomic E-state index is 11.6. The molecule has 6 nitrogen and oxygen atoms in total. The molecule has 0 spiro atoms. The van der Waals surface area contributed by atoms with Crippen molar-refractivity contribution in [2.75, 3.05) is 25.0 Å². The first-order chi connectivity index (χ1) is 10.2. The Morgan fingerprint density at radius 3 is 2.57 bits per heavy atom. The number of hydrogen-bond acceptors (Lipinski definition) is 5. The average Bonchev–Trinajstić information content (AvgIpc) is 2.52. The van der Waals surface area contributed by atoms with Gasteiger partial charge in [0.15, 0.2) is 6.61 Å². The van der Waals surface area contributed by atoms with Crippen LogP contribution < -0.4 is 15.4 Å². The summed E-state index contributed by atoms with van der Waals surface area (Å²) >= 11 is 3.33. The van der Waals surface area contributed by atoms with E-state index in [2.05, 4.69) is 36.5 Å². The van der Waals surface area contributed by atoms with Crippen molar-refractivity contribution in [2.45, 2.75) is 0 Å². The number of carbonyl (C=O) groups excluding carboxylic acids is 1. The summed E-state index contributed by atoms with van der Waals surface area (Å²) in [4.78, 5) is 19.6. The molecule has 1 heterocycles. The number of aromatic nitrogens is 2. The summed E-state index contributed by atoms with van der Waals surface area (Å²) in [7, 11) is 0. The number of nitrogens with zero attached hydrogens (tertiary/aromatic N) is 2. The summed E-state index contributed by atoms with van der Waals surface area (Å²) in [6, 6.07) is 9.05. The van der Waals surface area contributed by atoms with Gasteiger partial charge in [-0.05, 0) is 30.3 Å². The van der Waals surface area contributed by atoms with Gasteiger partial charge in [-0.3, -0.25) is 4.79 Å². The van der Waals surface area contributed by atoms with E-state index in [1.54, 1.807) is 30.6 Å². The quantitative estimate of drug-likeness (QED) is 0.745. The van der Waals surface area contributed by atoms with Gasteiger partial charge in [0.1, 0.15) is 5.75 Å². The van der Waals surface area contributed by atoms with Crippen LogP contribution in [0, 0.1) is 0 Å². The molecule has 0 unspecified atom stereocenters. The van der Waals surface area contributed by atoms with Crippen LogP contribution >= 0.6 is 15.9 Å². The molecule has 0 aliphatic heterocycles. The summed E-state index contributed by atoms with van der Waals surface area (Å²) in [5.74, 6) is 1.02. The van der Waals surface area contributed by atoms with Gasteiger partial charge >= 0.3 is 0 Å². The second-order valence-corrected chi connectivity index (χ2v) is 5.01. The Balaban J connectivity index is 1.60. The molecule has 0 saturated carbocycles. The van der Waals surface area contributed by atoms with Crippen LogP contribution in [0.25, 0.3) is 0 Å². The van der Waals surface area contributed by atoms with Crippen molar-refractivity contribution in [1.82, 2.24) is 15.3 Å². The number of nitrogens with one attached hydrogen (secondary N) is 2. The van der Waals surface area contributed by atoms with Crippen molar-refractivity contribution in [3.8, 4) is 5.75 Å². The zero-order valence-corrected chi connectivity index (χ0v) is 12.8. The summed E-state index contributed by atoms with van der Waals surface area (Å²) < 4.78 is 6.33. The second-order valence-electron chi connectivity index (χ2n) is 4.09. The fraction of sp³-hybridized carbons (Fsp3) is 0.214. The van der Waals surface area contributed by atoms with Crippen LogP contribution in [0.1, 0.15) is 0 Å². The Bertz CT molecular complexity index is 563. The maximum Gasteiger partial charge on any atom is 0.258 e. The summed E-state index contributed by atoms with van der Waals surface area (Å²) in [6.45, 7) is 1.01. The number of amides is 1. The van der Waals surface area contributed by atoms with Crippen molar-refractivity contribution in [3.05, 3.63) is 47.2 Å². The molecule has 1 amide bonds. The molecule has 0 radical (unpaired) electrons. The highest BCUT2D eigenvalue weighted by atomic mass is 79.9. The van der Waals surface area contributed by atoms with Gasteiger partial charge in [-0.2, -0.15) is 0 Å². The van der Waals surface area contributed by atoms with E-state index in [1.807, 2.05) is 12.1 Å². The Morgan fingerprint density at radius 1 is 1.14 bits per heavy atom. The maximum atomic E-state index is 11.6. The highest BCUT2D eigenvalue weighted by Crippen LogP contribution is 2.15. The first kappa shape index (κ1) is 15.2. The zero-order valence-electron chi connectivity index (χ0n) is 11.3. The molecule has 0 atom stereocenters. The smallest absolute Gasteiger partial charge is 0.258 e. The number of ether oxygens (including phenoxy) is 1. The van der Waals surface area contributed by atoms with Gasteiger partial charge < -0.3 is 15.4 Å². The van der Waals surface area contributed by atoms with Gasteiger partial charge in [0.25, 0.3) is 5.91 Å². The average molecular weight is 351 g/mol. The predicted molar refractivity (Wildman–Crippen MR) is 83.2 cm³/mol. The minimum atomic E-state index is -0.173. The first-order valence-corrected chi connectivity index (χ1v) is 7.19. The third kappa shape index (κ3) is 5.78. The van der Waals surface area contributed by atoms with E-state index in [1.165, 1.54) is 0 Å². The molecule has 21 heavy (non-hydrogen) atoms. The van der Waals surface area contributed by atoms with Crippen LogP contribution in [0.3, 0.4) is 0 Å². The van der Waals surface area contributed by atoms with E-state index in [-0.39, 0.29) is 12.5 Å². The highest BCUT2D eigenvalue weighted by molar-refractivity contribution is 9.10. The third-order valence-corrected chi connectivity index (χ3v) is 3.01. The molecule has 2 N–H and O–H groups in total. The molecule has 0 aliphatic rings. The number of halogens is 1. The lowest BCUT2D eigenvalue weighted by molar-refractivity contribution is -0.123. The molecule has 2 rings (SSSR count).